The Bertz CT molecular complexity index is 314. The third kappa shape index (κ3) is 2.11. The molecule has 78 valence electrons. The highest BCUT2D eigenvalue weighted by molar-refractivity contribution is 5.73. The standard InChI is InChI=1S/C7H9F2N3O2/c8-7(9)6-5(4-14)10-11-12(6)2-1-3-13/h4,7,13H,1-3H2. The second kappa shape index (κ2) is 4.75. The highest BCUT2D eigenvalue weighted by Crippen LogP contribution is 2.20. The summed E-state index contributed by atoms with van der Waals surface area (Å²) < 4.78 is 25.8. The minimum atomic E-state index is -2.79. The van der Waals surface area contributed by atoms with Crippen LogP contribution in [0.15, 0.2) is 0 Å². The van der Waals surface area contributed by atoms with Crippen LogP contribution in [0.1, 0.15) is 29.0 Å². The number of carbonyl (C=O) groups excluding carboxylic acids is 1. The minimum absolute atomic E-state index is 0.122. The van der Waals surface area contributed by atoms with Crippen molar-refractivity contribution in [2.24, 2.45) is 0 Å². The van der Waals surface area contributed by atoms with Gasteiger partial charge in [0.1, 0.15) is 5.69 Å². The van der Waals surface area contributed by atoms with Gasteiger partial charge in [0.15, 0.2) is 12.0 Å². The van der Waals surface area contributed by atoms with E-state index in [2.05, 4.69) is 10.3 Å². The van der Waals surface area contributed by atoms with E-state index in [1.165, 1.54) is 0 Å². The lowest BCUT2D eigenvalue weighted by Gasteiger charge is -2.03. The molecular weight excluding hydrogens is 196 g/mol. The van der Waals surface area contributed by atoms with Crippen LogP contribution in [0.4, 0.5) is 8.78 Å². The lowest BCUT2D eigenvalue weighted by Crippen LogP contribution is -2.08. The van der Waals surface area contributed by atoms with Crippen molar-refractivity contribution in [2.45, 2.75) is 19.4 Å². The molecule has 0 fully saturated rings. The van der Waals surface area contributed by atoms with Crippen LogP contribution in [0.25, 0.3) is 0 Å². The molecule has 14 heavy (non-hydrogen) atoms. The molecule has 0 aromatic carbocycles. The first-order valence-corrected chi connectivity index (χ1v) is 3.98. The summed E-state index contributed by atoms with van der Waals surface area (Å²) in [6.07, 6.45) is -2.26. The molecule has 0 radical (unpaired) electrons. The van der Waals surface area contributed by atoms with Crippen molar-refractivity contribution in [1.29, 1.82) is 0 Å². The number of carbonyl (C=O) groups is 1. The monoisotopic (exact) mass is 205 g/mol. The van der Waals surface area contributed by atoms with E-state index in [1.54, 1.807) is 0 Å². The molecule has 0 spiro atoms. The molecule has 7 heteroatoms. The number of rotatable bonds is 5. The summed E-state index contributed by atoms with van der Waals surface area (Å²) in [5.74, 6) is 0. The Morgan fingerprint density at radius 2 is 2.29 bits per heavy atom. The van der Waals surface area contributed by atoms with Crippen LogP contribution in [0.5, 0.6) is 0 Å². The molecule has 1 N–H and O–H groups in total. The molecule has 0 atom stereocenters. The minimum Gasteiger partial charge on any atom is -0.396 e. The highest BCUT2D eigenvalue weighted by atomic mass is 19.3. The van der Waals surface area contributed by atoms with Crippen LogP contribution in [0.2, 0.25) is 0 Å². The van der Waals surface area contributed by atoms with Crippen LogP contribution >= 0.6 is 0 Å². The molecule has 0 amide bonds. The van der Waals surface area contributed by atoms with E-state index in [4.69, 9.17) is 5.11 Å². The van der Waals surface area contributed by atoms with Gasteiger partial charge in [-0.3, -0.25) is 4.79 Å². The fourth-order valence-electron chi connectivity index (χ4n) is 1.03. The average molecular weight is 205 g/mol. The smallest absolute Gasteiger partial charge is 0.282 e. The summed E-state index contributed by atoms with van der Waals surface area (Å²) in [4.78, 5) is 10.3. The van der Waals surface area contributed by atoms with Gasteiger partial charge in [-0.2, -0.15) is 0 Å². The molecule has 0 bridgehead atoms. The molecule has 1 heterocycles. The fourth-order valence-corrected chi connectivity index (χ4v) is 1.03. The quantitative estimate of drug-likeness (QED) is 0.707. The number of nitrogens with zero attached hydrogens (tertiary/aromatic N) is 3. The molecule has 0 saturated heterocycles. The summed E-state index contributed by atoms with van der Waals surface area (Å²) in [5.41, 5.74) is -0.841. The number of hydrogen-bond donors (Lipinski definition) is 1. The number of halogens is 2. The van der Waals surface area contributed by atoms with E-state index in [1.807, 2.05) is 0 Å². The molecule has 5 nitrogen and oxygen atoms in total. The van der Waals surface area contributed by atoms with Crippen molar-refractivity contribution in [3.8, 4) is 0 Å². The number of aliphatic hydroxyl groups excluding tert-OH is 1. The number of hydrogen-bond acceptors (Lipinski definition) is 4. The molecule has 1 aromatic heterocycles. The van der Waals surface area contributed by atoms with Crippen molar-refractivity contribution in [3.05, 3.63) is 11.4 Å². The Labute approximate surface area is 78.3 Å². The first-order chi connectivity index (χ1) is 6.70. The zero-order valence-corrected chi connectivity index (χ0v) is 7.23. The van der Waals surface area contributed by atoms with Crippen molar-refractivity contribution in [3.63, 3.8) is 0 Å². The van der Waals surface area contributed by atoms with E-state index >= 15 is 0 Å². The number of aromatic nitrogens is 3. The molecular formula is C7H9F2N3O2. The summed E-state index contributed by atoms with van der Waals surface area (Å²) >= 11 is 0. The number of aldehydes is 1. The van der Waals surface area contributed by atoms with E-state index in [0.717, 1.165) is 4.68 Å². The maximum atomic E-state index is 12.4. The second-order valence-electron chi connectivity index (χ2n) is 2.58. The third-order valence-corrected chi connectivity index (χ3v) is 1.65. The van der Waals surface area contributed by atoms with Gasteiger partial charge in [0.05, 0.1) is 0 Å². The van der Waals surface area contributed by atoms with Crippen LogP contribution < -0.4 is 0 Å². The molecule has 1 aromatic rings. The Morgan fingerprint density at radius 1 is 1.57 bits per heavy atom. The van der Waals surface area contributed by atoms with Gasteiger partial charge in [-0.1, -0.05) is 5.21 Å². The van der Waals surface area contributed by atoms with Gasteiger partial charge in [-0.15, -0.1) is 5.10 Å². The van der Waals surface area contributed by atoms with E-state index in [9.17, 15) is 13.6 Å². The van der Waals surface area contributed by atoms with Crippen molar-refractivity contribution in [2.75, 3.05) is 6.61 Å². The molecule has 0 unspecified atom stereocenters. The van der Waals surface area contributed by atoms with Crippen molar-refractivity contribution >= 4 is 6.29 Å². The molecule has 0 aliphatic rings. The van der Waals surface area contributed by atoms with Gasteiger partial charge < -0.3 is 5.11 Å². The lowest BCUT2D eigenvalue weighted by molar-refractivity contribution is 0.109. The Morgan fingerprint density at radius 3 is 2.79 bits per heavy atom. The Balaban J connectivity index is 2.92. The first kappa shape index (κ1) is 10.7. The Kier molecular flexibility index (Phi) is 3.63. The molecule has 0 aliphatic heterocycles. The normalized spacial score (nSPS) is 10.9. The summed E-state index contributed by atoms with van der Waals surface area (Å²) in [7, 11) is 0. The zero-order chi connectivity index (χ0) is 10.6. The first-order valence-electron chi connectivity index (χ1n) is 3.98. The number of aryl methyl sites for hydroxylation is 1. The highest BCUT2D eigenvalue weighted by Gasteiger charge is 2.20. The third-order valence-electron chi connectivity index (χ3n) is 1.65. The van der Waals surface area contributed by atoms with Gasteiger partial charge in [-0.05, 0) is 6.42 Å². The molecule has 0 saturated carbocycles. The average Bonchev–Trinajstić information content (AvgIpc) is 2.57. The van der Waals surface area contributed by atoms with Gasteiger partial charge in [-0.25, -0.2) is 13.5 Å². The lowest BCUT2D eigenvalue weighted by atomic mass is 10.3. The number of alkyl halides is 2. The summed E-state index contributed by atoms with van der Waals surface area (Å²) in [6, 6.07) is 0. The molecule has 1 rings (SSSR count). The van der Waals surface area contributed by atoms with E-state index < -0.39 is 12.1 Å². The van der Waals surface area contributed by atoms with Gasteiger partial charge in [0.25, 0.3) is 6.43 Å². The summed E-state index contributed by atoms with van der Waals surface area (Å²) in [6.45, 7) is -0.00399. The predicted octanol–water partition coefficient (Wildman–Crippen LogP) is 0.411. The van der Waals surface area contributed by atoms with Gasteiger partial charge in [0.2, 0.25) is 0 Å². The van der Waals surface area contributed by atoms with Crippen molar-refractivity contribution in [1.82, 2.24) is 15.0 Å². The van der Waals surface area contributed by atoms with Gasteiger partial charge >= 0.3 is 0 Å². The van der Waals surface area contributed by atoms with E-state index in [-0.39, 0.29) is 25.1 Å². The van der Waals surface area contributed by atoms with Crippen molar-refractivity contribution < 1.29 is 18.7 Å². The molecule has 0 aliphatic carbocycles. The van der Waals surface area contributed by atoms with Crippen LogP contribution in [0.3, 0.4) is 0 Å². The van der Waals surface area contributed by atoms with Crippen LogP contribution in [-0.4, -0.2) is 33.0 Å². The SMILES string of the molecule is O=Cc1nnn(CCCO)c1C(F)F. The number of aliphatic hydroxyl groups is 1. The van der Waals surface area contributed by atoms with E-state index in [0.29, 0.717) is 6.42 Å². The van der Waals surface area contributed by atoms with Crippen LogP contribution in [0, 0.1) is 0 Å². The maximum absolute atomic E-state index is 12.4. The zero-order valence-electron chi connectivity index (χ0n) is 7.23. The summed E-state index contributed by atoms with van der Waals surface area (Å²) in [5, 5.41) is 15.2. The Hall–Kier alpha value is -1.37. The predicted molar refractivity (Wildman–Crippen MR) is 42.1 cm³/mol. The van der Waals surface area contributed by atoms with Crippen LogP contribution in [-0.2, 0) is 6.54 Å². The second-order valence-corrected chi connectivity index (χ2v) is 2.58. The topological polar surface area (TPSA) is 68.0 Å². The largest absolute Gasteiger partial charge is 0.396 e. The maximum Gasteiger partial charge on any atom is 0.282 e. The van der Waals surface area contributed by atoms with Gasteiger partial charge in [0, 0.05) is 13.2 Å². The fraction of sp³-hybridized carbons (Fsp3) is 0.571.